The van der Waals surface area contributed by atoms with Gasteiger partial charge in [-0.1, -0.05) is 43.7 Å². The van der Waals surface area contributed by atoms with Crippen LogP contribution in [0.25, 0.3) is 0 Å². The minimum atomic E-state index is -0.208. The number of carbonyl (C=O) groups is 2. The van der Waals surface area contributed by atoms with Gasteiger partial charge in [-0.25, -0.2) is 0 Å². The van der Waals surface area contributed by atoms with E-state index in [4.69, 9.17) is 0 Å². The van der Waals surface area contributed by atoms with E-state index in [0.29, 0.717) is 13.0 Å². The second kappa shape index (κ2) is 7.25. The maximum absolute atomic E-state index is 12.3. The lowest BCUT2D eigenvalue weighted by Gasteiger charge is -2.18. The highest BCUT2D eigenvalue weighted by Crippen LogP contribution is 2.20. The lowest BCUT2D eigenvalue weighted by atomic mass is 10.1. The minimum absolute atomic E-state index is 0.0151. The summed E-state index contributed by atoms with van der Waals surface area (Å²) in [6, 6.07) is 9.85. The van der Waals surface area contributed by atoms with Crippen molar-refractivity contribution in [3.63, 3.8) is 0 Å². The van der Waals surface area contributed by atoms with E-state index in [1.54, 1.807) is 0 Å². The second-order valence-electron chi connectivity index (χ2n) is 5.74. The summed E-state index contributed by atoms with van der Waals surface area (Å²) >= 11 is 0. The van der Waals surface area contributed by atoms with Gasteiger partial charge in [-0.3, -0.25) is 9.59 Å². The summed E-state index contributed by atoms with van der Waals surface area (Å²) < 4.78 is 0. The third kappa shape index (κ3) is 4.06. The van der Waals surface area contributed by atoms with E-state index in [2.05, 4.69) is 12.2 Å². The van der Waals surface area contributed by atoms with E-state index in [-0.39, 0.29) is 23.8 Å². The molecule has 1 aliphatic heterocycles. The van der Waals surface area contributed by atoms with Crippen LogP contribution in [0.2, 0.25) is 0 Å². The fourth-order valence-corrected chi connectivity index (χ4v) is 2.67. The molecule has 0 saturated carbocycles. The third-order valence-electron chi connectivity index (χ3n) is 4.03. The number of unbranched alkanes of at least 4 members (excludes halogenated alkanes) is 1. The Morgan fingerprint density at radius 2 is 2.10 bits per heavy atom. The van der Waals surface area contributed by atoms with Crippen LogP contribution >= 0.6 is 0 Å². The van der Waals surface area contributed by atoms with E-state index < -0.39 is 0 Å². The number of nitrogens with zero attached hydrogens (tertiary/aromatic N) is 1. The number of rotatable bonds is 6. The summed E-state index contributed by atoms with van der Waals surface area (Å²) in [5, 5.41) is 3.02. The third-order valence-corrected chi connectivity index (χ3v) is 4.03. The van der Waals surface area contributed by atoms with Gasteiger partial charge in [0.05, 0.1) is 12.0 Å². The first kappa shape index (κ1) is 15.5. The average molecular weight is 288 g/mol. The van der Waals surface area contributed by atoms with Crippen molar-refractivity contribution < 1.29 is 9.59 Å². The van der Waals surface area contributed by atoms with Crippen molar-refractivity contribution in [2.75, 3.05) is 13.1 Å². The van der Waals surface area contributed by atoms with Gasteiger partial charge in [-0.05, 0) is 18.9 Å². The number of nitrogens with one attached hydrogen (secondary N) is 1. The van der Waals surface area contributed by atoms with Crippen molar-refractivity contribution in [1.82, 2.24) is 10.2 Å². The van der Waals surface area contributed by atoms with Crippen LogP contribution in [0.5, 0.6) is 0 Å². The van der Waals surface area contributed by atoms with Gasteiger partial charge in [0.1, 0.15) is 0 Å². The van der Waals surface area contributed by atoms with Gasteiger partial charge < -0.3 is 10.2 Å². The zero-order chi connectivity index (χ0) is 15.2. The predicted octanol–water partition coefficient (Wildman–Crippen LogP) is 2.51. The SMILES string of the molecule is CCCCN1C[C@@H](C(=O)N[C@@H](C)c2ccccc2)CC1=O. The Bertz CT molecular complexity index is 487. The number of carbonyl (C=O) groups excluding carboxylic acids is 2. The molecule has 0 aliphatic carbocycles. The van der Waals surface area contributed by atoms with Crippen molar-refractivity contribution in [2.24, 2.45) is 5.92 Å². The van der Waals surface area contributed by atoms with E-state index in [1.807, 2.05) is 42.2 Å². The fraction of sp³-hybridized carbons (Fsp3) is 0.529. The summed E-state index contributed by atoms with van der Waals surface area (Å²) in [5.41, 5.74) is 1.08. The molecular weight excluding hydrogens is 264 g/mol. The van der Waals surface area contributed by atoms with Crippen molar-refractivity contribution in [2.45, 2.75) is 39.2 Å². The van der Waals surface area contributed by atoms with Crippen molar-refractivity contribution in [3.05, 3.63) is 35.9 Å². The number of benzene rings is 1. The summed E-state index contributed by atoms with van der Waals surface area (Å²) in [4.78, 5) is 26.0. The monoisotopic (exact) mass is 288 g/mol. The molecule has 0 unspecified atom stereocenters. The topological polar surface area (TPSA) is 49.4 Å². The van der Waals surface area contributed by atoms with E-state index in [9.17, 15) is 9.59 Å². The van der Waals surface area contributed by atoms with Gasteiger partial charge in [-0.15, -0.1) is 0 Å². The van der Waals surface area contributed by atoms with Crippen LogP contribution < -0.4 is 5.32 Å². The summed E-state index contributed by atoms with van der Waals surface area (Å²) in [6.45, 7) is 5.41. The second-order valence-corrected chi connectivity index (χ2v) is 5.74. The molecule has 2 amide bonds. The number of hydrogen-bond acceptors (Lipinski definition) is 2. The van der Waals surface area contributed by atoms with E-state index >= 15 is 0 Å². The van der Waals surface area contributed by atoms with Crippen LogP contribution in [-0.2, 0) is 9.59 Å². The summed E-state index contributed by atoms with van der Waals surface area (Å²) in [5.74, 6) is -0.116. The molecule has 4 heteroatoms. The van der Waals surface area contributed by atoms with Crippen molar-refractivity contribution in [3.8, 4) is 0 Å². The lowest BCUT2D eigenvalue weighted by molar-refractivity contribution is -0.129. The molecule has 21 heavy (non-hydrogen) atoms. The summed E-state index contributed by atoms with van der Waals surface area (Å²) in [6.07, 6.45) is 2.41. The molecule has 114 valence electrons. The average Bonchev–Trinajstić information content (AvgIpc) is 2.87. The molecule has 1 N–H and O–H groups in total. The van der Waals surface area contributed by atoms with Gasteiger partial charge in [0.15, 0.2) is 0 Å². The number of amides is 2. The largest absolute Gasteiger partial charge is 0.349 e. The lowest BCUT2D eigenvalue weighted by Crippen LogP contribution is -2.34. The Labute approximate surface area is 126 Å². The molecular formula is C17H24N2O2. The maximum atomic E-state index is 12.3. The molecule has 0 radical (unpaired) electrons. The van der Waals surface area contributed by atoms with Crippen LogP contribution in [0.1, 0.15) is 44.7 Å². The molecule has 2 rings (SSSR count). The standard InChI is InChI=1S/C17H24N2O2/c1-3-4-10-19-12-15(11-16(19)20)17(21)18-13(2)14-8-6-5-7-9-14/h5-9,13,15H,3-4,10-12H2,1-2H3,(H,18,21)/t13-,15-/m0/s1. The Balaban J connectivity index is 1.88. The molecule has 0 aromatic heterocycles. The normalized spacial score (nSPS) is 19.6. The Hall–Kier alpha value is -1.84. The molecule has 1 heterocycles. The van der Waals surface area contributed by atoms with Gasteiger partial charge in [-0.2, -0.15) is 0 Å². The maximum Gasteiger partial charge on any atom is 0.225 e. The van der Waals surface area contributed by atoms with Crippen molar-refractivity contribution >= 4 is 11.8 Å². The fourth-order valence-electron chi connectivity index (χ4n) is 2.67. The minimum Gasteiger partial charge on any atom is -0.349 e. The Morgan fingerprint density at radius 1 is 1.38 bits per heavy atom. The molecule has 1 aromatic carbocycles. The summed E-state index contributed by atoms with van der Waals surface area (Å²) in [7, 11) is 0. The zero-order valence-corrected chi connectivity index (χ0v) is 12.8. The molecule has 1 aromatic rings. The number of likely N-dealkylation sites (tertiary alicyclic amines) is 1. The van der Waals surface area contributed by atoms with Crippen LogP contribution in [0.3, 0.4) is 0 Å². The van der Waals surface area contributed by atoms with E-state index in [0.717, 1.165) is 24.9 Å². The smallest absolute Gasteiger partial charge is 0.225 e. The zero-order valence-electron chi connectivity index (χ0n) is 12.8. The molecule has 4 nitrogen and oxygen atoms in total. The Kier molecular flexibility index (Phi) is 5.37. The highest BCUT2D eigenvalue weighted by Gasteiger charge is 2.34. The molecule has 2 atom stereocenters. The van der Waals surface area contributed by atoms with Gasteiger partial charge in [0.25, 0.3) is 0 Å². The van der Waals surface area contributed by atoms with Crippen LogP contribution in [0, 0.1) is 5.92 Å². The van der Waals surface area contributed by atoms with Crippen LogP contribution in [-0.4, -0.2) is 29.8 Å². The highest BCUT2D eigenvalue weighted by atomic mass is 16.2. The molecule has 1 fully saturated rings. The van der Waals surface area contributed by atoms with Crippen molar-refractivity contribution in [1.29, 1.82) is 0 Å². The molecule has 1 saturated heterocycles. The van der Waals surface area contributed by atoms with Gasteiger partial charge in [0, 0.05) is 19.5 Å². The van der Waals surface area contributed by atoms with E-state index in [1.165, 1.54) is 0 Å². The first-order chi connectivity index (χ1) is 10.1. The number of hydrogen-bond donors (Lipinski definition) is 1. The molecule has 0 spiro atoms. The van der Waals surface area contributed by atoms with Gasteiger partial charge in [0.2, 0.25) is 11.8 Å². The highest BCUT2D eigenvalue weighted by molar-refractivity contribution is 5.89. The molecule has 1 aliphatic rings. The predicted molar refractivity (Wildman–Crippen MR) is 82.6 cm³/mol. The first-order valence-corrected chi connectivity index (χ1v) is 7.75. The quantitative estimate of drug-likeness (QED) is 0.874. The Morgan fingerprint density at radius 3 is 2.76 bits per heavy atom. The van der Waals surface area contributed by atoms with Gasteiger partial charge >= 0.3 is 0 Å². The molecule has 0 bridgehead atoms. The van der Waals surface area contributed by atoms with Crippen LogP contribution in [0.4, 0.5) is 0 Å². The first-order valence-electron chi connectivity index (χ1n) is 7.75. The van der Waals surface area contributed by atoms with Crippen LogP contribution in [0.15, 0.2) is 30.3 Å².